The van der Waals surface area contributed by atoms with Gasteiger partial charge >= 0.3 is 5.97 Å². The highest BCUT2D eigenvalue weighted by Gasteiger charge is 2.11. The Balaban J connectivity index is 2.51. The van der Waals surface area contributed by atoms with E-state index in [2.05, 4.69) is 12.1 Å². The number of carbonyl (C=O) groups excluding carboxylic acids is 1. The summed E-state index contributed by atoms with van der Waals surface area (Å²) in [5.74, 6) is -0.196. The molecule has 0 saturated heterocycles. The van der Waals surface area contributed by atoms with Crippen molar-refractivity contribution in [2.75, 3.05) is 0 Å². The van der Waals surface area contributed by atoms with E-state index in [-0.39, 0.29) is 12.1 Å². The summed E-state index contributed by atoms with van der Waals surface area (Å²) in [4.78, 5) is 11.7. The zero-order valence-corrected chi connectivity index (χ0v) is 10.8. The van der Waals surface area contributed by atoms with Crippen molar-refractivity contribution < 1.29 is 9.53 Å². The molecule has 0 heterocycles. The van der Waals surface area contributed by atoms with Gasteiger partial charge in [0.25, 0.3) is 0 Å². The molecule has 1 rings (SSSR count). The third-order valence-electron chi connectivity index (χ3n) is 2.48. The first-order chi connectivity index (χ1) is 8.13. The summed E-state index contributed by atoms with van der Waals surface area (Å²) in [6, 6.07) is 10.2. The molecule has 1 aromatic rings. The molecule has 0 spiro atoms. The Morgan fingerprint density at radius 3 is 2.47 bits per heavy atom. The van der Waals surface area contributed by atoms with E-state index in [1.807, 2.05) is 45.0 Å². The lowest BCUT2D eigenvalue weighted by Crippen LogP contribution is -2.14. The predicted octanol–water partition coefficient (Wildman–Crippen LogP) is 3.52. The van der Waals surface area contributed by atoms with Gasteiger partial charge in [-0.15, -0.1) is 0 Å². The lowest BCUT2D eigenvalue weighted by molar-refractivity contribution is -0.142. The van der Waals surface area contributed by atoms with Crippen LogP contribution in [-0.2, 0) is 16.0 Å². The fourth-order valence-electron chi connectivity index (χ4n) is 1.58. The first kappa shape index (κ1) is 13.5. The second-order valence-electron chi connectivity index (χ2n) is 4.25. The fraction of sp³-hybridized carbons (Fsp3) is 0.400. The molecular weight excluding hydrogens is 212 g/mol. The van der Waals surface area contributed by atoms with Gasteiger partial charge in [0.15, 0.2) is 0 Å². The van der Waals surface area contributed by atoms with Gasteiger partial charge in [-0.1, -0.05) is 36.4 Å². The number of carbonyl (C=O) groups is 1. The Morgan fingerprint density at radius 2 is 1.94 bits per heavy atom. The van der Waals surface area contributed by atoms with Crippen molar-refractivity contribution in [2.45, 2.75) is 39.7 Å². The van der Waals surface area contributed by atoms with Gasteiger partial charge in [-0.05, 0) is 39.2 Å². The Hall–Kier alpha value is -1.57. The van der Waals surface area contributed by atoms with Crippen molar-refractivity contribution in [3.05, 3.63) is 47.5 Å². The normalized spacial score (nSPS) is 11.6. The third kappa shape index (κ3) is 4.85. The Morgan fingerprint density at radius 1 is 1.29 bits per heavy atom. The molecule has 2 nitrogen and oxygen atoms in total. The summed E-state index contributed by atoms with van der Waals surface area (Å²) in [7, 11) is 0. The molecular formula is C15H20O2. The Labute approximate surface area is 103 Å². The maximum atomic E-state index is 11.7. The number of hydrogen-bond donors (Lipinski definition) is 0. The predicted molar refractivity (Wildman–Crippen MR) is 69.7 cm³/mol. The van der Waals surface area contributed by atoms with E-state index in [4.69, 9.17) is 4.74 Å². The zero-order chi connectivity index (χ0) is 12.7. The molecule has 0 radical (unpaired) electrons. The average molecular weight is 232 g/mol. The summed E-state index contributed by atoms with van der Waals surface area (Å²) in [6.07, 6.45) is 3.38. The topological polar surface area (TPSA) is 26.3 Å². The number of esters is 1. The molecule has 0 fully saturated rings. The second-order valence-corrected chi connectivity index (χ2v) is 4.25. The highest BCUT2D eigenvalue weighted by molar-refractivity contribution is 5.88. The summed E-state index contributed by atoms with van der Waals surface area (Å²) in [6.45, 7) is 5.60. The molecule has 0 N–H and O–H groups in total. The monoisotopic (exact) mass is 232 g/mol. The van der Waals surface area contributed by atoms with Crippen molar-refractivity contribution in [1.82, 2.24) is 0 Å². The molecule has 0 bridgehead atoms. The van der Waals surface area contributed by atoms with Crippen LogP contribution in [0.2, 0.25) is 0 Å². The van der Waals surface area contributed by atoms with E-state index in [9.17, 15) is 4.79 Å². The molecule has 0 aliphatic carbocycles. The van der Waals surface area contributed by atoms with Crippen LogP contribution >= 0.6 is 0 Å². The summed E-state index contributed by atoms with van der Waals surface area (Å²) < 4.78 is 5.18. The zero-order valence-electron chi connectivity index (χ0n) is 10.8. The first-order valence-electron chi connectivity index (χ1n) is 6.03. The largest absolute Gasteiger partial charge is 0.460 e. The average Bonchev–Trinajstić information content (AvgIpc) is 2.30. The Kier molecular flexibility index (Phi) is 5.47. The molecule has 1 aromatic carbocycles. The van der Waals surface area contributed by atoms with Crippen LogP contribution in [0, 0.1) is 0 Å². The van der Waals surface area contributed by atoms with Crippen LogP contribution in [0.3, 0.4) is 0 Å². The minimum Gasteiger partial charge on any atom is -0.460 e. The summed E-state index contributed by atoms with van der Waals surface area (Å²) in [5, 5.41) is 0. The van der Waals surface area contributed by atoms with Gasteiger partial charge in [0.2, 0.25) is 0 Å². The smallest absolute Gasteiger partial charge is 0.333 e. The number of allylic oxidation sites excluding steroid dienone is 1. The molecule has 92 valence electrons. The van der Waals surface area contributed by atoms with Crippen LogP contribution in [0.5, 0.6) is 0 Å². The van der Waals surface area contributed by atoms with Crippen LogP contribution in [0.1, 0.15) is 32.8 Å². The van der Waals surface area contributed by atoms with Gasteiger partial charge in [-0.2, -0.15) is 0 Å². The van der Waals surface area contributed by atoms with Gasteiger partial charge in [0.1, 0.15) is 0 Å². The van der Waals surface area contributed by atoms with Gasteiger partial charge in [-0.3, -0.25) is 0 Å². The van der Waals surface area contributed by atoms with E-state index in [1.54, 1.807) is 0 Å². The standard InChI is InChI=1S/C15H20O2/c1-4-14(15(16)17-12(2)3)11-10-13-8-6-5-7-9-13/h4-9,12H,10-11H2,1-3H3/b14-4+. The SMILES string of the molecule is C/C=C(\CCc1ccccc1)C(=O)OC(C)C. The van der Waals surface area contributed by atoms with Crippen molar-refractivity contribution in [3.8, 4) is 0 Å². The number of ether oxygens (including phenoxy) is 1. The fourth-order valence-corrected chi connectivity index (χ4v) is 1.58. The molecule has 0 aliphatic heterocycles. The lowest BCUT2D eigenvalue weighted by atomic mass is 10.0. The van der Waals surface area contributed by atoms with E-state index >= 15 is 0 Å². The highest BCUT2D eigenvalue weighted by atomic mass is 16.5. The van der Waals surface area contributed by atoms with Crippen LogP contribution in [0.4, 0.5) is 0 Å². The van der Waals surface area contributed by atoms with E-state index < -0.39 is 0 Å². The van der Waals surface area contributed by atoms with Crippen molar-refractivity contribution in [2.24, 2.45) is 0 Å². The molecule has 0 saturated carbocycles. The molecule has 0 amide bonds. The van der Waals surface area contributed by atoms with Gasteiger partial charge in [0.05, 0.1) is 6.10 Å². The van der Waals surface area contributed by atoms with E-state index in [0.717, 1.165) is 18.4 Å². The number of benzene rings is 1. The van der Waals surface area contributed by atoms with Crippen molar-refractivity contribution >= 4 is 5.97 Å². The first-order valence-corrected chi connectivity index (χ1v) is 6.03. The van der Waals surface area contributed by atoms with Gasteiger partial charge < -0.3 is 4.74 Å². The van der Waals surface area contributed by atoms with Crippen molar-refractivity contribution in [1.29, 1.82) is 0 Å². The quantitative estimate of drug-likeness (QED) is 0.573. The van der Waals surface area contributed by atoms with Crippen LogP contribution in [0.15, 0.2) is 42.0 Å². The summed E-state index contributed by atoms with van der Waals surface area (Å²) in [5.41, 5.74) is 1.99. The van der Waals surface area contributed by atoms with Crippen LogP contribution < -0.4 is 0 Å². The molecule has 2 heteroatoms. The minimum absolute atomic E-state index is 0.0609. The highest BCUT2D eigenvalue weighted by Crippen LogP contribution is 2.11. The Bertz CT molecular complexity index is 377. The van der Waals surface area contributed by atoms with Crippen LogP contribution in [-0.4, -0.2) is 12.1 Å². The van der Waals surface area contributed by atoms with Crippen LogP contribution in [0.25, 0.3) is 0 Å². The lowest BCUT2D eigenvalue weighted by Gasteiger charge is -2.10. The molecule has 0 unspecified atom stereocenters. The van der Waals surface area contributed by atoms with Crippen molar-refractivity contribution in [3.63, 3.8) is 0 Å². The number of aryl methyl sites for hydroxylation is 1. The van der Waals surface area contributed by atoms with E-state index in [0.29, 0.717) is 0 Å². The van der Waals surface area contributed by atoms with E-state index in [1.165, 1.54) is 5.56 Å². The maximum Gasteiger partial charge on any atom is 0.333 e. The molecule has 0 atom stereocenters. The molecule has 0 aromatic heterocycles. The molecule has 17 heavy (non-hydrogen) atoms. The second kappa shape index (κ2) is 6.89. The summed E-state index contributed by atoms with van der Waals surface area (Å²) >= 11 is 0. The number of rotatable bonds is 5. The maximum absolute atomic E-state index is 11.7. The van der Waals surface area contributed by atoms with Gasteiger partial charge in [-0.25, -0.2) is 4.79 Å². The minimum atomic E-state index is -0.196. The molecule has 0 aliphatic rings. The van der Waals surface area contributed by atoms with Gasteiger partial charge in [0, 0.05) is 5.57 Å². The number of hydrogen-bond acceptors (Lipinski definition) is 2. The third-order valence-corrected chi connectivity index (χ3v) is 2.48.